The van der Waals surface area contributed by atoms with E-state index in [1.165, 1.54) is 0 Å². The van der Waals surface area contributed by atoms with Gasteiger partial charge in [0.05, 0.1) is 18.2 Å². The third-order valence-electron chi connectivity index (χ3n) is 3.72. The molecule has 19 heavy (non-hydrogen) atoms. The molecule has 1 N–H and O–H groups in total. The summed E-state index contributed by atoms with van der Waals surface area (Å²) in [6.07, 6.45) is 1.88. The van der Waals surface area contributed by atoms with Gasteiger partial charge in [0.2, 0.25) is 0 Å². The van der Waals surface area contributed by atoms with Crippen molar-refractivity contribution in [3.8, 4) is 0 Å². The predicted molar refractivity (Wildman–Crippen MR) is 69.8 cm³/mol. The predicted octanol–water partition coefficient (Wildman–Crippen LogP) is 0.496. The van der Waals surface area contributed by atoms with E-state index < -0.39 is 0 Å². The molecule has 2 rings (SSSR count). The highest BCUT2D eigenvalue weighted by Gasteiger charge is 2.33. The standard InChI is InChI=1S/C12H23N5O2/c1-10(13-6-9-18-3)11-14-15-16-17(11)12(2)4-7-19-8-5-12/h10,13H,4-9H2,1-3H3. The minimum Gasteiger partial charge on any atom is -0.383 e. The van der Waals surface area contributed by atoms with Gasteiger partial charge in [0.15, 0.2) is 5.82 Å². The van der Waals surface area contributed by atoms with Crippen molar-refractivity contribution < 1.29 is 9.47 Å². The largest absolute Gasteiger partial charge is 0.383 e. The summed E-state index contributed by atoms with van der Waals surface area (Å²) in [7, 11) is 1.69. The van der Waals surface area contributed by atoms with E-state index in [0.29, 0.717) is 6.61 Å². The molecule has 7 heteroatoms. The third kappa shape index (κ3) is 3.29. The van der Waals surface area contributed by atoms with Crippen molar-refractivity contribution in [3.63, 3.8) is 0 Å². The van der Waals surface area contributed by atoms with E-state index in [1.54, 1.807) is 7.11 Å². The molecule has 1 aliphatic rings. The van der Waals surface area contributed by atoms with Gasteiger partial charge in [0.1, 0.15) is 0 Å². The molecule has 1 fully saturated rings. The fourth-order valence-corrected chi connectivity index (χ4v) is 2.34. The van der Waals surface area contributed by atoms with Crippen molar-refractivity contribution >= 4 is 0 Å². The fourth-order valence-electron chi connectivity index (χ4n) is 2.34. The lowest BCUT2D eigenvalue weighted by molar-refractivity contribution is 0.0212. The second-order valence-electron chi connectivity index (χ2n) is 5.23. The van der Waals surface area contributed by atoms with Gasteiger partial charge in [-0.05, 0) is 37.1 Å². The summed E-state index contributed by atoms with van der Waals surface area (Å²) in [5, 5.41) is 15.6. The number of tetrazole rings is 1. The average molecular weight is 269 g/mol. The summed E-state index contributed by atoms with van der Waals surface area (Å²) in [6.45, 7) is 7.25. The molecule has 1 aromatic heterocycles. The van der Waals surface area contributed by atoms with Gasteiger partial charge in [0.25, 0.3) is 0 Å². The first-order valence-electron chi connectivity index (χ1n) is 6.76. The van der Waals surface area contributed by atoms with Crippen LogP contribution in [0.5, 0.6) is 0 Å². The van der Waals surface area contributed by atoms with Gasteiger partial charge < -0.3 is 14.8 Å². The monoisotopic (exact) mass is 269 g/mol. The quantitative estimate of drug-likeness (QED) is 0.758. The van der Waals surface area contributed by atoms with Crippen molar-refractivity contribution in [1.29, 1.82) is 0 Å². The zero-order valence-corrected chi connectivity index (χ0v) is 11.9. The van der Waals surface area contributed by atoms with Crippen LogP contribution in [-0.4, -0.2) is 53.7 Å². The Hall–Kier alpha value is -1.05. The Morgan fingerprint density at radius 2 is 2.21 bits per heavy atom. The normalized spacial score (nSPS) is 20.4. The van der Waals surface area contributed by atoms with Crippen LogP contribution in [-0.2, 0) is 15.0 Å². The molecule has 1 atom stereocenters. The molecule has 0 spiro atoms. The second-order valence-corrected chi connectivity index (χ2v) is 5.23. The number of methoxy groups -OCH3 is 1. The summed E-state index contributed by atoms with van der Waals surface area (Å²) < 4.78 is 12.4. The Bertz CT molecular complexity index is 389. The molecule has 1 unspecified atom stereocenters. The molecular weight excluding hydrogens is 246 g/mol. The first-order chi connectivity index (χ1) is 9.17. The highest BCUT2D eigenvalue weighted by Crippen LogP contribution is 2.29. The number of nitrogens with one attached hydrogen (secondary N) is 1. The molecule has 2 heterocycles. The van der Waals surface area contributed by atoms with Crippen LogP contribution in [0.15, 0.2) is 0 Å². The number of hydrogen-bond acceptors (Lipinski definition) is 6. The minimum atomic E-state index is -0.0473. The Labute approximate surface area is 113 Å². The maximum absolute atomic E-state index is 5.43. The lowest BCUT2D eigenvalue weighted by Gasteiger charge is -2.34. The highest BCUT2D eigenvalue weighted by atomic mass is 16.5. The van der Waals surface area contributed by atoms with Gasteiger partial charge in [-0.25, -0.2) is 4.68 Å². The highest BCUT2D eigenvalue weighted by molar-refractivity contribution is 4.97. The van der Waals surface area contributed by atoms with E-state index in [2.05, 4.69) is 34.7 Å². The van der Waals surface area contributed by atoms with Crippen LogP contribution in [0.2, 0.25) is 0 Å². The van der Waals surface area contributed by atoms with E-state index in [0.717, 1.165) is 38.4 Å². The van der Waals surface area contributed by atoms with Gasteiger partial charge in [0, 0.05) is 26.9 Å². The summed E-state index contributed by atoms with van der Waals surface area (Å²) in [4.78, 5) is 0. The van der Waals surface area contributed by atoms with Crippen LogP contribution in [0.1, 0.15) is 38.6 Å². The number of rotatable bonds is 6. The topological polar surface area (TPSA) is 74.1 Å². The zero-order valence-electron chi connectivity index (χ0n) is 11.9. The molecular formula is C12H23N5O2. The van der Waals surface area contributed by atoms with Gasteiger partial charge >= 0.3 is 0 Å². The van der Waals surface area contributed by atoms with E-state index in [9.17, 15) is 0 Å². The van der Waals surface area contributed by atoms with Crippen LogP contribution < -0.4 is 5.32 Å². The number of nitrogens with zero attached hydrogens (tertiary/aromatic N) is 4. The first kappa shape index (κ1) is 14.4. The van der Waals surface area contributed by atoms with E-state index >= 15 is 0 Å². The minimum absolute atomic E-state index is 0.0473. The molecule has 0 aliphatic carbocycles. The third-order valence-corrected chi connectivity index (χ3v) is 3.72. The fraction of sp³-hybridized carbons (Fsp3) is 0.917. The van der Waals surface area contributed by atoms with Gasteiger partial charge in [-0.1, -0.05) is 0 Å². The molecule has 108 valence electrons. The lowest BCUT2D eigenvalue weighted by atomic mass is 9.92. The molecule has 1 aliphatic heterocycles. The van der Waals surface area contributed by atoms with Crippen molar-refractivity contribution in [2.45, 2.75) is 38.3 Å². The maximum atomic E-state index is 5.43. The molecule has 0 amide bonds. The Morgan fingerprint density at radius 1 is 1.47 bits per heavy atom. The van der Waals surface area contributed by atoms with E-state index in [4.69, 9.17) is 9.47 Å². The molecule has 0 saturated carbocycles. The van der Waals surface area contributed by atoms with Gasteiger partial charge in [-0.15, -0.1) is 5.10 Å². The van der Waals surface area contributed by atoms with Crippen molar-refractivity contribution in [1.82, 2.24) is 25.5 Å². The van der Waals surface area contributed by atoms with Crippen LogP contribution in [0.3, 0.4) is 0 Å². The number of hydrogen-bond donors (Lipinski definition) is 1. The Morgan fingerprint density at radius 3 is 2.89 bits per heavy atom. The first-order valence-corrected chi connectivity index (χ1v) is 6.76. The van der Waals surface area contributed by atoms with Crippen molar-refractivity contribution in [2.24, 2.45) is 0 Å². The Kier molecular flexibility index (Phi) is 4.84. The van der Waals surface area contributed by atoms with Gasteiger partial charge in [-0.2, -0.15) is 0 Å². The van der Waals surface area contributed by atoms with Crippen molar-refractivity contribution in [2.75, 3.05) is 33.5 Å². The van der Waals surface area contributed by atoms with Crippen LogP contribution in [0, 0.1) is 0 Å². The smallest absolute Gasteiger partial charge is 0.168 e. The van der Waals surface area contributed by atoms with Crippen LogP contribution >= 0.6 is 0 Å². The molecule has 0 aromatic carbocycles. The van der Waals surface area contributed by atoms with E-state index in [-0.39, 0.29) is 11.6 Å². The van der Waals surface area contributed by atoms with E-state index in [1.807, 2.05) is 4.68 Å². The molecule has 0 radical (unpaired) electrons. The van der Waals surface area contributed by atoms with Crippen LogP contribution in [0.25, 0.3) is 0 Å². The number of ether oxygens (including phenoxy) is 2. The van der Waals surface area contributed by atoms with Gasteiger partial charge in [-0.3, -0.25) is 0 Å². The number of aromatic nitrogens is 4. The Balaban J connectivity index is 2.08. The summed E-state index contributed by atoms with van der Waals surface area (Å²) in [6, 6.07) is 0.102. The lowest BCUT2D eigenvalue weighted by Crippen LogP contribution is -2.40. The molecule has 1 aromatic rings. The average Bonchev–Trinajstić information content (AvgIpc) is 2.90. The summed E-state index contributed by atoms with van der Waals surface area (Å²) in [5.74, 6) is 0.875. The maximum Gasteiger partial charge on any atom is 0.168 e. The SMILES string of the molecule is COCCNC(C)c1nnnn1C1(C)CCOCC1. The van der Waals surface area contributed by atoms with Crippen LogP contribution in [0.4, 0.5) is 0 Å². The second kappa shape index (κ2) is 6.40. The zero-order chi connectivity index (χ0) is 13.7. The molecule has 7 nitrogen and oxygen atoms in total. The molecule has 0 bridgehead atoms. The summed E-state index contributed by atoms with van der Waals surface area (Å²) >= 11 is 0. The van der Waals surface area contributed by atoms with Crippen molar-refractivity contribution in [3.05, 3.63) is 5.82 Å². The molecule has 1 saturated heterocycles. The summed E-state index contributed by atoms with van der Waals surface area (Å²) in [5.41, 5.74) is -0.0473.